The second-order valence-electron chi connectivity index (χ2n) is 6.25. The van der Waals surface area contributed by atoms with Crippen LogP contribution in [0, 0.1) is 0 Å². The summed E-state index contributed by atoms with van der Waals surface area (Å²) in [6.07, 6.45) is 1.13. The molecule has 174 valence electrons. The zero-order chi connectivity index (χ0) is 23.7. The summed E-state index contributed by atoms with van der Waals surface area (Å²) < 4.78 is 54.0. The molecule has 11 heteroatoms. The lowest BCUT2D eigenvalue weighted by atomic mass is 10.1. The standard InChI is InChI=1S/C21H25NO9S/c1-27-15-12-18(29-3)16(19(13-15)30-4)8-10-32(25,26)22-14-5-6-17(28-2)20(11-14)31-9-7-21(23)24/h5-6,8,10-13,22H,7,9H2,1-4H3,(H,23,24). The molecule has 0 saturated heterocycles. The van der Waals surface area contributed by atoms with Crippen LogP contribution in [-0.2, 0) is 14.8 Å². The van der Waals surface area contributed by atoms with Gasteiger partial charge in [-0.15, -0.1) is 0 Å². The van der Waals surface area contributed by atoms with E-state index < -0.39 is 16.0 Å². The van der Waals surface area contributed by atoms with E-state index >= 15 is 0 Å². The molecule has 0 aliphatic carbocycles. The van der Waals surface area contributed by atoms with E-state index in [4.69, 9.17) is 28.8 Å². The van der Waals surface area contributed by atoms with Crippen molar-refractivity contribution in [1.29, 1.82) is 0 Å². The first-order valence-electron chi connectivity index (χ1n) is 9.26. The minimum absolute atomic E-state index is 0.0984. The van der Waals surface area contributed by atoms with Gasteiger partial charge in [0.1, 0.15) is 17.2 Å². The van der Waals surface area contributed by atoms with Crippen LogP contribution < -0.4 is 28.4 Å². The lowest BCUT2D eigenvalue weighted by Crippen LogP contribution is -2.10. The molecule has 0 saturated carbocycles. The number of aliphatic carboxylic acids is 1. The monoisotopic (exact) mass is 467 g/mol. The van der Waals surface area contributed by atoms with E-state index in [-0.39, 0.29) is 24.5 Å². The Kier molecular flexibility index (Phi) is 8.59. The second-order valence-corrected chi connectivity index (χ2v) is 7.82. The van der Waals surface area contributed by atoms with Crippen LogP contribution in [0.1, 0.15) is 12.0 Å². The average Bonchev–Trinajstić information content (AvgIpc) is 2.76. The molecule has 0 heterocycles. The van der Waals surface area contributed by atoms with Gasteiger partial charge in [-0.2, -0.15) is 0 Å². The number of carboxylic acid groups (broad SMARTS) is 1. The number of rotatable bonds is 12. The highest BCUT2D eigenvalue weighted by Crippen LogP contribution is 2.35. The largest absolute Gasteiger partial charge is 0.496 e. The van der Waals surface area contributed by atoms with Gasteiger partial charge in [-0.25, -0.2) is 8.42 Å². The normalized spacial score (nSPS) is 11.1. The fourth-order valence-electron chi connectivity index (χ4n) is 2.65. The van der Waals surface area contributed by atoms with E-state index in [1.165, 1.54) is 52.7 Å². The third-order valence-electron chi connectivity index (χ3n) is 4.16. The fraction of sp³-hybridized carbons (Fsp3) is 0.286. The molecule has 0 unspecified atom stereocenters. The first-order chi connectivity index (χ1) is 15.2. The Bertz CT molecular complexity index is 1060. The van der Waals surface area contributed by atoms with Crippen molar-refractivity contribution in [1.82, 2.24) is 0 Å². The Balaban J connectivity index is 2.27. The molecular weight excluding hydrogens is 442 g/mol. The number of ether oxygens (including phenoxy) is 5. The fourth-order valence-corrected chi connectivity index (χ4v) is 3.49. The second kappa shape index (κ2) is 11.1. The van der Waals surface area contributed by atoms with Crippen LogP contribution in [0.15, 0.2) is 35.7 Å². The molecule has 0 aliphatic heterocycles. The maximum atomic E-state index is 12.6. The highest BCUT2D eigenvalue weighted by molar-refractivity contribution is 7.95. The number of nitrogens with one attached hydrogen (secondary N) is 1. The number of carboxylic acids is 1. The van der Waals surface area contributed by atoms with Crippen molar-refractivity contribution in [3.05, 3.63) is 41.3 Å². The van der Waals surface area contributed by atoms with Crippen LogP contribution >= 0.6 is 0 Å². The van der Waals surface area contributed by atoms with Crippen LogP contribution in [0.25, 0.3) is 6.08 Å². The molecule has 2 N–H and O–H groups in total. The number of hydrogen-bond donors (Lipinski definition) is 2. The van der Waals surface area contributed by atoms with Crippen molar-refractivity contribution in [2.75, 3.05) is 39.8 Å². The van der Waals surface area contributed by atoms with E-state index in [9.17, 15) is 13.2 Å². The van der Waals surface area contributed by atoms with Crippen molar-refractivity contribution in [3.63, 3.8) is 0 Å². The van der Waals surface area contributed by atoms with Gasteiger partial charge in [0.25, 0.3) is 10.0 Å². The number of anilines is 1. The summed E-state index contributed by atoms with van der Waals surface area (Å²) in [6.45, 7) is -0.0984. The van der Waals surface area contributed by atoms with Crippen LogP contribution in [-0.4, -0.2) is 54.5 Å². The summed E-state index contributed by atoms with van der Waals surface area (Å²) in [5.41, 5.74) is 0.614. The molecular formula is C21H25NO9S. The van der Waals surface area contributed by atoms with Crippen LogP contribution in [0.2, 0.25) is 0 Å². The van der Waals surface area contributed by atoms with Gasteiger partial charge in [-0.1, -0.05) is 0 Å². The molecule has 10 nitrogen and oxygen atoms in total. The summed E-state index contributed by atoms with van der Waals surface area (Å²) in [5.74, 6) is 0.747. The zero-order valence-electron chi connectivity index (χ0n) is 18.1. The molecule has 0 spiro atoms. The molecule has 2 rings (SSSR count). The number of hydrogen-bond acceptors (Lipinski definition) is 8. The third-order valence-corrected chi connectivity index (χ3v) is 5.18. The van der Waals surface area contributed by atoms with Gasteiger partial charge in [0.2, 0.25) is 0 Å². The van der Waals surface area contributed by atoms with Gasteiger partial charge < -0.3 is 28.8 Å². The molecule has 0 bridgehead atoms. The highest BCUT2D eigenvalue weighted by Gasteiger charge is 2.14. The number of methoxy groups -OCH3 is 4. The molecule has 0 fully saturated rings. The predicted octanol–water partition coefficient (Wildman–Crippen LogP) is 2.99. The van der Waals surface area contributed by atoms with E-state index in [1.54, 1.807) is 12.1 Å². The Morgan fingerprint density at radius 3 is 2.09 bits per heavy atom. The van der Waals surface area contributed by atoms with Crippen molar-refractivity contribution in [2.24, 2.45) is 0 Å². The van der Waals surface area contributed by atoms with Gasteiger partial charge >= 0.3 is 5.97 Å². The average molecular weight is 467 g/mol. The summed E-state index contributed by atoms with van der Waals surface area (Å²) >= 11 is 0. The predicted molar refractivity (Wildman–Crippen MR) is 118 cm³/mol. The first-order valence-corrected chi connectivity index (χ1v) is 10.8. The molecule has 0 aromatic heterocycles. The zero-order valence-corrected chi connectivity index (χ0v) is 18.9. The van der Waals surface area contributed by atoms with Crippen LogP contribution in [0.4, 0.5) is 5.69 Å². The summed E-state index contributed by atoms with van der Waals surface area (Å²) in [4.78, 5) is 10.7. The van der Waals surface area contributed by atoms with Crippen LogP contribution in [0.3, 0.4) is 0 Å². The van der Waals surface area contributed by atoms with E-state index in [0.29, 0.717) is 28.6 Å². The molecule has 2 aromatic carbocycles. The SMILES string of the molecule is COc1cc(OC)c(C=CS(=O)(=O)Nc2ccc(OC)c(OCCC(=O)O)c2)c(OC)c1. The Morgan fingerprint density at radius 1 is 0.938 bits per heavy atom. The third kappa shape index (κ3) is 6.71. The first kappa shape index (κ1) is 24.7. The molecule has 2 aromatic rings. The van der Waals surface area contributed by atoms with E-state index in [1.807, 2.05) is 0 Å². The maximum Gasteiger partial charge on any atom is 0.306 e. The van der Waals surface area contributed by atoms with Gasteiger partial charge in [-0.05, 0) is 18.2 Å². The molecule has 0 amide bonds. The molecule has 0 aliphatic rings. The quantitative estimate of drug-likeness (QED) is 0.484. The minimum Gasteiger partial charge on any atom is -0.496 e. The lowest BCUT2D eigenvalue weighted by molar-refractivity contribution is -0.137. The number of sulfonamides is 1. The smallest absolute Gasteiger partial charge is 0.306 e. The topological polar surface area (TPSA) is 130 Å². The lowest BCUT2D eigenvalue weighted by Gasteiger charge is -2.13. The van der Waals surface area contributed by atoms with Gasteiger partial charge in [0.15, 0.2) is 11.5 Å². The Morgan fingerprint density at radius 2 is 1.56 bits per heavy atom. The number of carbonyl (C=O) groups is 1. The summed E-state index contributed by atoms with van der Waals surface area (Å²) in [5, 5.41) is 9.71. The van der Waals surface area contributed by atoms with Gasteiger partial charge in [0, 0.05) is 18.2 Å². The summed E-state index contributed by atoms with van der Waals surface area (Å²) in [6, 6.07) is 7.61. The van der Waals surface area contributed by atoms with Crippen molar-refractivity contribution in [3.8, 4) is 28.7 Å². The molecule has 0 atom stereocenters. The van der Waals surface area contributed by atoms with Crippen molar-refractivity contribution >= 4 is 27.8 Å². The molecule has 32 heavy (non-hydrogen) atoms. The van der Waals surface area contributed by atoms with Gasteiger partial charge in [0.05, 0.1) is 58.1 Å². The van der Waals surface area contributed by atoms with Crippen LogP contribution in [0.5, 0.6) is 28.7 Å². The molecule has 0 radical (unpaired) electrons. The van der Waals surface area contributed by atoms with Crippen molar-refractivity contribution < 1.29 is 42.0 Å². The minimum atomic E-state index is -3.93. The van der Waals surface area contributed by atoms with Gasteiger partial charge in [-0.3, -0.25) is 9.52 Å². The van der Waals surface area contributed by atoms with E-state index in [0.717, 1.165) is 5.41 Å². The maximum absolute atomic E-state index is 12.6. The Hall–Kier alpha value is -3.60. The summed E-state index contributed by atoms with van der Waals surface area (Å²) in [7, 11) is 1.87. The van der Waals surface area contributed by atoms with Crippen molar-refractivity contribution in [2.45, 2.75) is 6.42 Å². The number of benzene rings is 2. The Labute approximate surface area is 186 Å². The van der Waals surface area contributed by atoms with E-state index in [2.05, 4.69) is 4.72 Å². The highest BCUT2D eigenvalue weighted by atomic mass is 32.2.